The largest absolute Gasteiger partial charge is 0.373 e. The van der Waals surface area contributed by atoms with Gasteiger partial charge in [0.25, 0.3) is 0 Å². The molecule has 1 amide bonds. The van der Waals surface area contributed by atoms with E-state index >= 15 is 0 Å². The van der Waals surface area contributed by atoms with Gasteiger partial charge < -0.3 is 9.47 Å². The quantitative estimate of drug-likeness (QED) is 0.711. The van der Waals surface area contributed by atoms with Crippen LogP contribution in [0.25, 0.3) is 0 Å². The van der Waals surface area contributed by atoms with Crippen LogP contribution in [0.2, 0.25) is 0 Å². The Balaban J connectivity index is 2.21. The van der Waals surface area contributed by atoms with E-state index in [0.717, 1.165) is 30.8 Å². The van der Waals surface area contributed by atoms with E-state index < -0.39 is 0 Å². The Morgan fingerprint density at radius 3 is 2.56 bits per heavy atom. The third kappa shape index (κ3) is 5.27. The van der Waals surface area contributed by atoms with Gasteiger partial charge in [-0.1, -0.05) is 25.1 Å². The summed E-state index contributed by atoms with van der Waals surface area (Å²) in [6.45, 7) is 13.1. The Morgan fingerprint density at radius 1 is 1.28 bits per heavy atom. The second kappa shape index (κ2) is 9.32. The Morgan fingerprint density at radius 2 is 1.96 bits per heavy atom. The molecule has 5 nitrogen and oxygen atoms in total. The predicted molar refractivity (Wildman–Crippen MR) is 101 cm³/mol. The highest BCUT2D eigenvalue weighted by Gasteiger charge is 2.27. The molecule has 0 N–H and O–H groups in total. The molecule has 0 radical (unpaired) electrons. The number of hydrogen-bond acceptors (Lipinski definition) is 4. The lowest BCUT2D eigenvalue weighted by Gasteiger charge is -2.36. The van der Waals surface area contributed by atoms with Gasteiger partial charge in [-0.3, -0.25) is 14.6 Å². The summed E-state index contributed by atoms with van der Waals surface area (Å²) < 4.78 is 11.4. The first-order chi connectivity index (χ1) is 12.0. The van der Waals surface area contributed by atoms with Crippen LogP contribution in [-0.4, -0.2) is 56.0 Å². The van der Waals surface area contributed by atoms with Crippen LogP contribution in [0.15, 0.2) is 18.2 Å². The van der Waals surface area contributed by atoms with Crippen LogP contribution in [0.3, 0.4) is 0 Å². The Hall–Kier alpha value is -1.43. The summed E-state index contributed by atoms with van der Waals surface area (Å²) in [7, 11) is 0. The first-order valence-corrected chi connectivity index (χ1v) is 9.30. The first kappa shape index (κ1) is 19.9. The molecule has 0 saturated carbocycles. The number of benzene rings is 1. The summed E-state index contributed by atoms with van der Waals surface area (Å²) >= 11 is 0. The second-order valence-corrected chi connectivity index (χ2v) is 6.83. The highest BCUT2D eigenvalue weighted by Crippen LogP contribution is 2.26. The fraction of sp³-hybridized carbons (Fsp3) is 0.650. The molecule has 0 aromatic heterocycles. The monoisotopic (exact) mass is 348 g/mol. The average Bonchev–Trinajstić information content (AvgIpc) is 2.55. The van der Waals surface area contributed by atoms with Gasteiger partial charge in [-0.2, -0.15) is 0 Å². The Kier molecular flexibility index (Phi) is 7.41. The van der Waals surface area contributed by atoms with Crippen LogP contribution in [0.5, 0.6) is 0 Å². The summed E-state index contributed by atoms with van der Waals surface area (Å²) in [5, 5.41) is 0. The molecule has 0 spiro atoms. The SMILES string of the molecule is CCOCN(C(=O)CN1C[C@H](C)O[C@@H](C)C1)c1c(C)cccc1CC. The predicted octanol–water partition coefficient (Wildman–Crippen LogP) is 2.99. The van der Waals surface area contributed by atoms with Crippen molar-refractivity contribution in [2.24, 2.45) is 0 Å². The summed E-state index contributed by atoms with van der Waals surface area (Å²) in [5.41, 5.74) is 3.28. The number of rotatable bonds is 7. The van der Waals surface area contributed by atoms with Crippen LogP contribution in [0.4, 0.5) is 5.69 Å². The van der Waals surface area contributed by atoms with Gasteiger partial charge in [0, 0.05) is 19.7 Å². The minimum absolute atomic E-state index is 0.0822. The van der Waals surface area contributed by atoms with E-state index in [1.54, 1.807) is 0 Å². The summed E-state index contributed by atoms with van der Waals surface area (Å²) in [5.74, 6) is 0.0822. The van der Waals surface area contributed by atoms with Gasteiger partial charge in [-0.15, -0.1) is 0 Å². The summed E-state index contributed by atoms with van der Waals surface area (Å²) in [4.78, 5) is 17.1. The molecule has 1 fully saturated rings. The lowest BCUT2D eigenvalue weighted by atomic mass is 10.0. The maximum atomic E-state index is 13.1. The number of carbonyl (C=O) groups excluding carboxylic acids is 1. The molecule has 0 bridgehead atoms. The average molecular weight is 348 g/mol. The van der Waals surface area contributed by atoms with E-state index in [1.165, 1.54) is 5.56 Å². The van der Waals surface area contributed by atoms with Crippen molar-refractivity contribution in [2.75, 3.05) is 37.9 Å². The van der Waals surface area contributed by atoms with Crippen LogP contribution in [0.1, 0.15) is 38.8 Å². The maximum Gasteiger partial charge on any atom is 0.243 e. The minimum atomic E-state index is 0.0822. The van der Waals surface area contributed by atoms with Gasteiger partial charge in [-0.05, 0) is 45.2 Å². The first-order valence-electron chi connectivity index (χ1n) is 9.30. The van der Waals surface area contributed by atoms with E-state index in [-0.39, 0.29) is 18.1 Å². The smallest absolute Gasteiger partial charge is 0.243 e. The van der Waals surface area contributed by atoms with Gasteiger partial charge in [-0.25, -0.2) is 0 Å². The number of para-hydroxylation sites is 1. The topological polar surface area (TPSA) is 42.0 Å². The molecule has 140 valence electrons. The van der Waals surface area contributed by atoms with Crippen LogP contribution in [-0.2, 0) is 20.7 Å². The zero-order valence-electron chi connectivity index (χ0n) is 16.2. The van der Waals surface area contributed by atoms with Crippen molar-refractivity contribution in [3.05, 3.63) is 29.3 Å². The van der Waals surface area contributed by atoms with Gasteiger partial charge in [0.1, 0.15) is 6.73 Å². The van der Waals surface area contributed by atoms with Crippen molar-refractivity contribution in [1.82, 2.24) is 4.90 Å². The van der Waals surface area contributed by atoms with Crippen LogP contribution >= 0.6 is 0 Å². The van der Waals surface area contributed by atoms with Crippen LogP contribution < -0.4 is 4.90 Å². The Labute approximate surface area is 151 Å². The molecule has 25 heavy (non-hydrogen) atoms. The zero-order chi connectivity index (χ0) is 18.4. The molecule has 2 rings (SSSR count). The fourth-order valence-electron chi connectivity index (χ4n) is 3.53. The number of ether oxygens (including phenoxy) is 2. The minimum Gasteiger partial charge on any atom is -0.373 e. The van der Waals surface area contributed by atoms with Crippen molar-refractivity contribution >= 4 is 11.6 Å². The third-order valence-corrected chi connectivity index (χ3v) is 4.55. The third-order valence-electron chi connectivity index (χ3n) is 4.55. The molecule has 1 heterocycles. The molecule has 0 unspecified atom stereocenters. The number of morpholine rings is 1. The maximum absolute atomic E-state index is 13.1. The fourth-order valence-corrected chi connectivity index (χ4v) is 3.53. The molecule has 1 aromatic carbocycles. The van der Waals surface area contributed by atoms with Crippen LogP contribution in [0, 0.1) is 6.92 Å². The molecule has 1 aliphatic heterocycles. The summed E-state index contributed by atoms with van der Waals surface area (Å²) in [6, 6.07) is 6.19. The molecule has 1 aliphatic rings. The molecule has 0 aliphatic carbocycles. The molecular formula is C20H32N2O3. The molecule has 2 atom stereocenters. The lowest BCUT2D eigenvalue weighted by molar-refractivity contribution is -0.124. The normalized spacial score (nSPS) is 21.3. The van der Waals surface area contributed by atoms with Crippen molar-refractivity contribution in [1.29, 1.82) is 0 Å². The van der Waals surface area contributed by atoms with Crippen molar-refractivity contribution in [3.63, 3.8) is 0 Å². The molecule has 1 aromatic rings. The summed E-state index contributed by atoms with van der Waals surface area (Å²) in [6.07, 6.45) is 1.20. The van der Waals surface area contributed by atoms with E-state index in [1.807, 2.05) is 17.9 Å². The number of hydrogen-bond donors (Lipinski definition) is 0. The highest BCUT2D eigenvalue weighted by molar-refractivity contribution is 5.96. The molecular weight excluding hydrogens is 316 g/mol. The van der Waals surface area contributed by atoms with Gasteiger partial charge in [0.2, 0.25) is 5.91 Å². The number of anilines is 1. The van der Waals surface area contributed by atoms with Gasteiger partial charge >= 0.3 is 0 Å². The van der Waals surface area contributed by atoms with Crippen molar-refractivity contribution in [3.8, 4) is 0 Å². The molecule has 5 heteroatoms. The van der Waals surface area contributed by atoms with Crippen molar-refractivity contribution < 1.29 is 14.3 Å². The number of carbonyl (C=O) groups is 1. The van der Waals surface area contributed by atoms with Crippen molar-refractivity contribution in [2.45, 2.75) is 53.2 Å². The molecule has 1 saturated heterocycles. The number of aryl methyl sites for hydroxylation is 2. The Bertz CT molecular complexity index is 566. The standard InChI is InChI=1S/C20H32N2O3/c1-6-18-10-8-9-15(3)20(18)22(14-24-7-2)19(23)13-21-11-16(4)25-17(5)12-21/h8-10,16-17H,6-7,11-14H2,1-5H3/t16-,17-/m0/s1. The van der Waals surface area contributed by atoms with E-state index in [4.69, 9.17) is 9.47 Å². The van der Waals surface area contributed by atoms with E-state index in [2.05, 4.69) is 44.7 Å². The second-order valence-electron chi connectivity index (χ2n) is 6.83. The van der Waals surface area contributed by atoms with E-state index in [9.17, 15) is 4.79 Å². The van der Waals surface area contributed by atoms with E-state index in [0.29, 0.717) is 19.9 Å². The van der Waals surface area contributed by atoms with Gasteiger partial charge in [0.05, 0.1) is 24.4 Å². The number of nitrogens with zero attached hydrogens (tertiary/aromatic N) is 2. The van der Waals surface area contributed by atoms with Gasteiger partial charge in [0.15, 0.2) is 0 Å². The highest BCUT2D eigenvalue weighted by atomic mass is 16.5. The number of amides is 1. The zero-order valence-corrected chi connectivity index (χ0v) is 16.2. The lowest BCUT2D eigenvalue weighted by Crippen LogP contribution is -2.50.